The molecule has 0 spiro atoms. The minimum atomic E-state index is -0.290. The van der Waals surface area contributed by atoms with Crippen molar-refractivity contribution in [2.75, 3.05) is 11.4 Å². The van der Waals surface area contributed by atoms with Crippen LogP contribution >= 0.6 is 0 Å². The molecule has 0 saturated carbocycles. The van der Waals surface area contributed by atoms with Gasteiger partial charge >= 0.3 is 0 Å². The van der Waals surface area contributed by atoms with Crippen LogP contribution in [0.1, 0.15) is 24.4 Å². The molecule has 2 aromatic carbocycles. The molecular formula is C19H16F2N4. The molecule has 2 heterocycles. The Morgan fingerprint density at radius 1 is 0.920 bits per heavy atom. The Hall–Kier alpha value is -2.89. The van der Waals surface area contributed by atoms with Gasteiger partial charge in [-0.05, 0) is 54.8 Å². The van der Waals surface area contributed by atoms with Gasteiger partial charge in [0.2, 0.25) is 5.95 Å². The fourth-order valence-electron chi connectivity index (χ4n) is 3.21. The summed E-state index contributed by atoms with van der Waals surface area (Å²) in [5.41, 5.74) is 2.47. The van der Waals surface area contributed by atoms with Crippen LogP contribution < -0.4 is 4.90 Å². The highest BCUT2D eigenvalue weighted by Crippen LogP contribution is 2.34. The third-order valence-electron chi connectivity index (χ3n) is 4.45. The molecule has 1 aromatic heterocycles. The standard InChI is InChI=1S/C19H16F2N4/c20-15-7-3-13(4-8-15)17-12-22-24-19(23-17)25-11-1-2-18(25)14-5-9-16(21)10-6-14/h3-10,12,18H,1-2,11H2. The predicted octanol–water partition coefficient (Wildman–Crippen LogP) is 4.16. The first-order chi connectivity index (χ1) is 12.2. The minimum absolute atomic E-state index is 0.103. The lowest BCUT2D eigenvalue weighted by Gasteiger charge is -2.24. The number of hydrogen-bond acceptors (Lipinski definition) is 4. The van der Waals surface area contributed by atoms with Crippen LogP contribution in [0.15, 0.2) is 54.7 Å². The van der Waals surface area contributed by atoms with Crippen molar-refractivity contribution in [2.24, 2.45) is 0 Å². The summed E-state index contributed by atoms with van der Waals surface area (Å²) in [7, 11) is 0. The topological polar surface area (TPSA) is 41.9 Å². The minimum Gasteiger partial charge on any atom is -0.332 e. The summed E-state index contributed by atoms with van der Waals surface area (Å²) in [5, 5.41) is 8.24. The third-order valence-corrected chi connectivity index (χ3v) is 4.45. The molecule has 1 fully saturated rings. The van der Waals surface area contributed by atoms with Gasteiger partial charge in [-0.2, -0.15) is 5.10 Å². The fraction of sp³-hybridized carbons (Fsp3) is 0.211. The second-order valence-corrected chi connectivity index (χ2v) is 6.05. The zero-order valence-corrected chi connectivity index (χ0v) is 13.4. The molecule has 25 heavy (non-hydrogen) atoms. The largest absolute Gasteiger partial charge is 0.332 e. The van der Waals surface area contributed by atoms with Gasteiger partial charge in [-0.15, -0.1) is 5.10 Å². The smallest absolute Gasteiger partial charge is 0.246 e. The van der Waals surface area contributed by atoms with Crippen LogP contribution in [0.2, 0.25) is 0 Å². The van der Waals surface area contributed by atoms with Crippen molar-refractivity contribution in [3.05, 3.63) is 71.9 Å². The van der Waals surface area contributed by atoms with Crippen molar-refractivity contribution in [3.8, 4) is 11.3 Å². The Morgan fingerprint density at radius 3 is 2.32 bits per heavy atom. The molecule has 0 aliphatic carbocycles. The summed E-state index contributed by atoms with van der Waals surface area (Å²) in [6.07, 6.45) is 3.53. The van der Waals surface area contributed by atoms with E-state index in [2.05, 4.69) is 20.1 Å². The number of anilines is 1. The van der Waals surface area contributed by atoms with Gasteiger partial charge in [-0.3, -0.25) is 0 Å². The van der Waals surface area contributed by atoms with E-state index in [0.29, 0.717) is 11.6 Å². The number of hydrogen-bond donors (Lipinski definition) is 0. The van der Waals surface area contributed by atoms with Crippen LogP contribution in [0.4, 0.5) is 14.7 Å². The summed E-state index contributed by atoms with van der Waals surface area (Å²) in [5.74, 6) is 0.0000707. The van der Waals surface area contributed by atoms with Gasteiger partial charge < -0.3 is 4.90 Å². The molecule has 1 aliphatic heterocycles. The van der Waals surface area contributed by atoms with Gasteiger partial charge in [0.15, 0.2) is 0 Å². The maximum absolute atomic E-state index is 13.2. The fourth-order valence-corrected chi connectivity index (χ4v) is 3.21. The molecule has 0 amide bonds. The quantitative estimate of drug-likeness (QED) is 0.719. The molecule has 6 heteroatoms. The Labute approximate surface area is 144 Å². The van der Waals surface area contributed by atoms with Gasteiger partial charge in [-0.1, -0.05) is 12.1 Å². The maximum Gasteiger partial charge on any atom is 0.246 e. The highest BCUT2D eigenvalue weighted by Gasteiger charge is 2.28. The van der Waals surface area contributed by atoms with Crippen molar-refractivity contribution in [3.63, 3.8) is 0 Å². The van der Waals surface area contributed by atoms with E-state index in [1.165, 1.54) is 24.3 Å². The van der Waals surface area contributed by atoms with Crippen LogP contribution in [0.5, 0.6) is 0 Å². The van der Waals surface area contributed by atoms with Gasteiger partial charge in [0.25, 0.3) is 0 Å². The maximum atomic E-state index is 13.2. The normalized spacial score (nSPS) is 17.0. The molecule has 0 radical (unpaired) electrons. The van der Waals surface area contributed by atoms with Gasteiger partial charge in [0, 0.05) is 12.1 Å². The molecule has 126 valence electrons. The molecule has 4 nitrogen and oxygen atoms in total. The van der Waals surface area contributed by atoms with Crippen molar-refractivity contribution in [1.82, 2.24) is 15.2 Å². The van der Waals surface area contributed by atoms with Crippen LogP contribution in [0.25, 0.3) is 11.3 Å². The molecule has 1 atom stereocenters. The molecule has 0 bridgehead atoms. The van der Waals surface area contributed by atoms with E-state index in [4.69, 9.17) is 0 Å². The van der Waals surface area contributed by atoms with Crippen LogP contribution in [-0.2, 0) is 0 Å². The molecule has 1 unspecified atom stereocenters. The lowest BCUT2D eigenvalue weighted by atomic mass is 10.0. The summed E-state index contributed by atoms with van der Waals surface area (Å²) in [6.45, 7) is 0.816. The number of rotatable bonds is 3. The molecular weight excluding hydrogens is 322 g/mol. The summed E-state index contributed by atoms with van der Waals surface area (Å²) < 4.78 is 26.3. The van der Waals surface area contributed by atoms with Crippen molar-refractivity contribution in [1.29, 1.82) is 0 Å². The van der Waals surface area contributed by atoms with E-state index < -0.39 is 0 Å². The summed E-state index contributed by atoms with van der Waals surface area (Å²) >= 11 is 0. The predicted molar refractivity (Wildman–Crippen MR) is 90.9 cm³/mol. The second kappa shape index (κ2) is 6.55. The lowest BCUT2D eigenvalue weighted by molar-refractivity contribution is 0.623. The average Bonchev–Trinajstić information content (AvgIpc) is 3.13. The Balaban J connectivity index is 1.65. The average molecular weight is 338 g/mol. The zero-order valence-electron chi connectivity index (χ0n) is 13.4. The number of benzene rings is 2. The lowest BCUT2D eigenvalue weighted by Crippen LogP contribution is -2.25. The number of aromatic nitrogens is 3. The molecule has 0 N–H and O–H groups in total. The van der Waals surface area contributed by atoms with E-state index in [1.54, 1.807) is 30.5 Å². The van der Waals surface area contributed by atoms with E-state index in [-0.39, 0.29) is 17.7 Å². The first-order valence-corrected chi connectivity index (χ1v) is 8.18. The third kappa shape index (κ3) is 3.20. The highest BCUT2D eigenvalue weighted by atomic mass is 19.1. The van der Waals surface area contributed by atoms with Gasteiger partial charge in [0.1, 0.15) is 11.6 Å². The SMILES string of the molecule is Fc1ccc(-c2cnnc(N3CCCC3c3ccc(F)cc3)n2)cc1. The monoisotopic (exact) mass is 338 g/mol. The molecule has 1 saturated heterocycles. The van der Waals surface area contributed by atoms with Crippen LogP contribution in [-0.4, -0.2) is 21.7 Å². The number of nitrogens with zero attached hydrogens (tertiary/aromatic N) is 4. The van der Waals surface area contributed by atoms with E-state index in [1.807, 2.05) is 0 Å². The number of halogens is 2. The van der Waals surface area contributed by atoms with Gasteiger partial charge in [0.05, 0.1) is 17.9 Å². The van der Waals surface area contributed by atoms with E-state index in [0.717, 1.165) is 30.5 Å². The van der Waals surface area contributed by atoms with Crippen molar-refractivity contribution >= 4 is 5.95 Å². The molecule has 4 rings (SSSR count). The zero-order chi connectivity index (χ0) is 17.2. The van der Waals surface area contributed by atoms with E-state index >= 15 is 0 Å². The first kappa shape index (κ1) is 15.6. The molecule has 3 aromatic rings. The van der Waals surface area contributed by atoms with Crippen LogP contribution in [0.3, 0.4) is 0 Å². The summed E-state index contributed by atoms with van der Waals surface area (Å²) in [4.78, 5) is 6.69. The Kier molecular flexibility index (Phi) is 4.09. The van der Waals surface area contributed by atoms with Crippen molar-refractivity contribution in [2.45, 2.75) is 18.9 Å². The van der Waals surface area contributed by atoms with Crippen LogP contribution in [0, 0.1) is 11.6 Å². The second-order valence-electron chi connectivity index (χ2n) is 6.05. The van der Waals surface area contributed by atoms with E-state index in [9.17, 15) is 8.78 Å². The highest BCUT2D eigenvalue weighted by molar-refractivity contribution is 5.59. The van der Waals surface area contributed by atoms with Gasteiger partial charge in [-0.25, -0.2) is 13.8 Å². The first-order valence-electron chi connectivity index (χ1n) is 8.18. The van der Waals surface area contributed by atoms with Crippen molar-refractivity contribution < 1.29 is 8.78 Å². The Bertz CT molecular complexity index is 865. The summed E-state index contributed by atoms with van der Waals surface area (Å²) in [6, 6.07) is 12.8. The molecule has 1 aliphatic rings. The Morgan fingerprint density at radius 2 is 1.60 bits per heavy atom.